The molecule has 0 unspecified atom stereocenters. The fourth-order valence-corrected chi connectivity index (χ4v) is 4.36. The van der Waals surface area contributed by atoms with Crippen molar-refractivity contribution in [2.45, 2.75) is 37.8 Å². The number of likely N-dealkylation sites (tertiary alicyclic amines) is 1. The smallest absolute Gasteiger partial charge is 0.408 e. The predicted octanol–water partition coefficient (Wildman–Crippen LogP) is 5.34. The van der Waals surface area contributed by atoms with Crippen LogP contribution in [-0.2, 0) is 28.1 Å². The van der Waals surface area contributed by atoms with Crippen LogP contribution in [0.5, 0.6) is 0 Å². The normalized spacial score (nSPS) is 14.9. The highest BCUT2D eigenvalue weighted by Crippen LogP contribution is 2.37. The van der Waals surface area contributed by atoms with Gasteiger partial charge in [0.2, 0.25) is 5.91 Å². The van der Waals surface area contributed by atoms with Crippen LogP contribution >= 0.6 is 0 Å². The zero-order valence-corrected chi connectivity index (χ0v) is 19.4. The van der Waals surface area contributed by atoms with E-state index in [0.717, 1.165) is 16.7 Å². The first kappa shape index (κ1) is 24.4. The van der Waals surface area contributed by atoms with Gasteiger partial charge in [-0.15, -0.1) is 0 Å². The zero-order valence-electron chi connectivity index (χ0n) is 19.4. The second-order valence-corrected chi connectivity index (χ2v) is 8.74. The van der Waals surface area contributed by atoms with Crippen LogP contribution < -0.4 is 5.32 Å². The topological polar surface area (TPSA) is 58.6 Å². The third-order valence-corrected chi connectivity index (χ3v) is 6.40. The van der Waals surface area contributed by atoms with Gasteiger partial charge in [0, 0.05) is 38.9 Å². The molecule has 2 amide bonds. The molecule has 3 aromatic rings. The van der Waals surface area contributed by atoms with Gasteiger partial charge in [-0.05, 0) is 47.4 Å². The average molecular weight is 479 g/mol. The molecule has 5 nitrogen and oxygen atoms in total. The molecule has 3 aromatic carbocycles. The monoisotopic (exact) mass is 478 g/mol. The Balaban J connectivity index is 1.36. The molecule has 1 heterocycles. The number of hydrogen-bond acceptors (Lipinski definition) is 3. The SMILES string of the molecule is O=C(NCc1ccc(F)cc1)OC1(c2ccccc2)CCN(C(=O)CCc2ccc(F)cc2)CC1. The Labute approximate surface area is 203 Å². The minimum absolute atomic E-state index is 0.0248. The van der Waals surface area contributed by atoms with Gasteiger partial charge in [-0.25, -0.2) is 13.6 Å². The Morgan fingerprint density at radius 2 is 1.40 bits per heavy atom. The number of nitrogens with one attached hydrogen (secondary N) is 1. The van der Waals surface area contributed by atoms with E-state index in [4.69, 9.17) is 4.74 Å². The highest BCUT2D eigenvalue weighted by atomic mass is 19.1. The molecule has 35 heavy (non-hydrogen) atoms. The number of carbonyl (C=O) groups excluding carboxylic acids is 2. The Bertz CT molecular complexity index is 1130. The van der Waals surface area contributed by atoms with Crippen LogP contribution in [0.4, 0.5) is 13.6 Å². The first-order chi connectivity index (χ1) is 16.9. The second kappa shape index (κ2) is 11.1. The average Bonchev–Trinajstić information content (AvgIpc) is 2.89. The molecule has 7 heteroatoms. The highest BCUT2D eigenvalue weighted by Gasteiger charge is 2.40. The summed E-state index contributed by atoms with van der Waals surface area (Å²) in [6.45, 7) is 1.14. The molecule has 0 aromatic heterocycles. The van der Waals surface area contributed by atoms with Crippen molar-refractivity contribution in [3.05, 3.63) is 107 Å². The van der Waals surface area contributed by atoms with Crippen LogP contribution in [-0.4, -0.2) is 30.0 Å². The van der Waals surface area contributed by atoms with Crippen molar-refractivity contribution in [1.82, 2.24) is 10.2 Å². The Morgan fingerprint density at radius 1 is 0.829 bits per heavy atom. The summed E-state index contributed by atoms with van der Waals surface area (Å²) in [6, 6.07) is 21.6. The number of rotatable bonds is 7. The van der Waals surface area contributed by atoms with Crippen LogP contribution in [0.3, 0.4) is 0 Å². The van der Waals surface area contributed by atoms with Crippen LogP contribution in [0.15, 0.2) is 78.9 Å². The largest absolute Gasteiger partial charge is 0.438 e. The minimum Gasteiger partial charge on any atom is -0.438 e. The van der Waals surface area contributed by atoms with E-state index in [2.05, 4.69) is 5.32 Å². The summed E-state index contributed by atoms with van der Waals surface area (Å²) in [6.07, 6.45) is 1.27. The summed E-state index contributed by atoms with van der Waals surface area (Å²) < 4.78 is 32.2. The summed E-state index contributed by atoms with van der Waals surface area (Å²) in [5, 5.41) is 2.75. The zero-order chi connectivity index (χ0) is 24.7. The van der Waals surface area contributed by atoms with Crippen molar-refractivity contribution in [2.24, 2.45) is 0 Å². The van der Waals surface area contributed by atoms with Gasteiger partial charge in [0.1, 0.15) is 17.2 Å². The van der Waals surface area contributed by atoms with Gasteiger partial charge in [-0.2, -0.15) is 0 Å². The standard InChI is InChI=1S/C28H28F2N2O3/c29-24-11-6-21(7-12-24)10-15-26(33)32-18-16-28(17-19-32,23-4-2-1-3-5-23)35-27(34)31-20-22-8-13-25(30)14-9-22/h1-9,11-14H,10,15-20H2,(H,31,34). The molecule has 0 saturated carbocycles. The number of nitrogens with zero attached hydrogens (tertiary/aromatic N) is 1. The molecule has 4 rings (SSSR count). The molecule has 0 bridgehead atoms. The number of alkyl carbamates (subject to hydrolysis) is 1. The van der Waals surface area contributed by atoms with Crippen LogP contribution in [0.25, 0.3) is 0 Å². The molecule has 0 spiro atoms. The maximum Gasteiger partial charge on any atom is 0.408 e. The predicted molar refractivity (Wildman–Crippen MR) is 128 cm³/mol. The van der Waals surface area contributed by atoms with Crippen molar-refractivity contribution in [3.63, 3.8) is 0 Å². The maximum atomic E-state index is 13.1. The molecular weight excluding hydrogens is 450 g/mol. The minimum atomic E-state index is -0.845. The Kier molecular flexibility index (Phi) is 7.75. The second-order valence-electron chi connectivity index (χ2n) is 8.74. The third-order valence-electron chi connectivity index (χ3n) is 6.40. The quantitative estimate of drug-likeness (QED) is 0.499. The van der Waals surface area contributed by atoms with Gasteiger partial charge in [0.05, 0.1) is 0 Å². The van der Waals surface area contributed by atoms with Crippen LogP contribution in [0.1, 0.15) is 36.0 Å². The maximum absolute atomic E-state index is 13.1. The molecule has 1 aliphatic rings. The molecule has 182 valence electrons. The lowest BCUT2D eigenvalue weighted by atomic mass is 9.84. The summed E-state index contributed by atoms with van der Waals surface area (Å²) >= 11 is 0. The van der Waals surface area contributed by atoms with E-state index in [1.807, 2.05) is 30.3 Å². The van der Waals surface area contributed by atoms with E-state index in [-0.39, 0.29) is 24.1 Å². The van der Waals surface area contributed by atoms with Crippen molar-refractivity contribution >= 4 is 12.0 Å². The molecule has 1 fully saturated rings. The summed E-state index contributed by atoms with van der Waals surface area (Å²) in [5.74, 6) is -0.606. The summed E-state index contributed by atoms with van der Waals surface area (Å²) in [5.41, 5.74) is 1.72. The summed E-state index contributed by atoms with van der Waals surface area (Å²) in [7, 11) is 0. The van der Waals surface area contributed by atoms with Crippen molar-refractivity contribution in [2.75, 3.05) is 13.1 Å². The van der Waals surface area contributed by atoms with Crippen molar-refractivity contribution < 1.29 is 23.1 Å². The number of ether oxygens (including phenoxy) is 1. The third kappa shape index (κ3) is 6.44. The molecular formula is C28H28F2N2O3. The Hall–Kier alpha value is -3.74. The first-order valence-corrected chi connectivity index (χ1v) is 11.7. The lowest BCUT2D eigenvalue weighted by Crippen LogP contribution is -2.48. The van der Waals surface area contributed by atoms with E-state index in [1.54, 1.807) is 29.2 Å². The highest BCUT2D eigenvalue weighted by molar-refractivity contribution is 5.76. The number of aryl methyl sites for hydroxylation is 1. The van der Waals surface area contributed by atoms with Crippen LogP contribution in [0.2, 0.25) is 0 Å². The van der Waals surface area contributed by atoms with E-state index >= 15 is 0 Å². The molecule has 1 N–H and O–H groups in total. The van der Waals surface area contributed by atoms with Gasteiger partial charge in [-0.1, -0.05) is 54.6 Å². The molecule has 0 aliphatic carbocycles. The number of halogens is 2. The van der Waals surface area contributed by atoms with Gasteiger partial charge >= 0.3 is 6.09 Å². The fraction of sp³-hybridized carbons (Fsp3) is 0.286. The number of piperidine rings is 1. The lowest BCUT2D eigenvalue weighted by Gasteiger charge is -2.41. The van der Waals surface area contributed by atoms with Gasteiger partial charge in [0.15, 0.2) is 0 Å². The van der Waals surface area contributed by atoms with Gasteiger partial charge < -0.3 is 15.0 Å². The Morgan fingerprint density at radius 3 is 2.00 bits per heavy atom. The summed E-state index contributed by atoms with van der Waals surface area (Å²) in [4.78, 5) is 27.3. The molecule has 0 atom stereocenters. The van der Waals surface area contributed by atoms with E-state index < -0.39 is 11.7 Å². The van der Waals surface area contributed by atoms with E-state index in [0.29, 0.717) is 38.8 Å². The van der Waals surface area contributed by atoms with Gasteiger partial charge in [-0.3, -0.25) is 4.79 Å². The number of benzene rings is 3. The lowest BCUT2D eigenvalue weighted by molar-refractivity contribution is -0.135. The van der Waals surface area contributed by atoms with Gasteiger partial charge in [0.25, 0.3) is 0 Å². The molecule has 1 saturated heterocycles. The van der Waals surface area contributed by atoms with Crippen molar-refractivity contribution in [3.8, 4) is 0 Å². The number of hydrogen-bond donors (Lipinski definition) is 1. The molecule has 0 radical (unpaired) electrons. The molecule has 1 aliphatic heterocycles. The van der Waals surface area contributed by atoms with Crippen molar-refractivity contribution in [1.29, 1.82) is 0 Å². The fourth-order valence-electron chi connectivity index (χ4n) is 4.36. The number of carbonyl (C=O) groups is 2. The number of amides is 2. The van der Waals surface area contributed by atoms with E-state index in [9.17, 15) is 18.4 Å². The first-order valence-electron chi connectivity index (χ1n) is 11.7. The van der Waals surface area contributed by atoms with E-state index in [1.165, 1.54) is 24.3 Å². The van der Waals surface area contributed by atoms with Crippen LogP contribution in [0, 0.1) is 11.6 Å².